The number of alkyl halides is 2. The van der Waals surface area contributed by atoms with Crippen LogP contribution in [0.2, 0.25) is 0 Å². The monoisotopic (exact) mass is 200 g/mol. The van der Waals surface area contributed by atoms with Gasteiger partial charge in [-0.15, -0.1) is 11.3 Å². The van der Waals surface area contributed by atoms with Gasteiger partial charge in [-0.1, -0.05) is 0 Å². The lowest BCUT2D eigenvalue weighted by Gasteiger charge is -2.05. The topological polar surface area (TPSA) is 49.8 Å². The molecule has 1 atom stereocenters. The minimum atomic E-state index is -2.80. The van der Waals surface area contributed by atoms with Gasteiger partial charge in [-0.2, -0.15) is 5.26 Å². The first-order valence-electron chi connectivity index (χ1n) is 3.65. The molecule has 1 saturated carbocycles. The van der Waals surface area contributed by atoms with Gasteiger partial charge in [0.1, 0.15) is 11.6 Å². The highest BCUT2D eigenvalue weighted by Gasteiger charge is 2.70. The van der Waals surface area contributed by atoms with E-state index >= 15 is 0 Å². The number of hydrogen-bond donors (Lipinski definition) is 1. The minimum Gasteiger partial charge on any atom is -0.316 e. The molecule has 1 aliphatic carbocycles. The number of nitrogens with zero attached hydrogens (tertiary/aromatic N) is 1. The molecule has 0 bridgehead atoms. The molecule has 0 saturated heterocycles. The number of hydrogen-bond acceptors (Lipinski definition) is 3. The summed E-state index contributed by atoms with van der Waals surface area (Å²) in [4.78, 5) is 0.397. The van der Waals surface area contributed by atoms with Gasteiger partial charge < -0.3 is 5.73 Å². The van der Waals surface area contributed by atoms with Crippen molar-refractivity contribution in [1.82, 2.24) is 0 Å². The average Bonchev–Trinajstić information content (AvgIpc) is 2.53. The predicted molar refractivity (Wildman–Crippen MR) is 44.5 cm³/mol. The van der Waals surface area contributed by atoms with Crippen molar-refractivity contribution in [2.24, 2.45) is 5.73 Å². The van der Waals surface area contributed by atoms with Crippen LogP contribution < -0.4 is 5.73 Å². The molecule has 13 heavy (non-hydrogen) atoms. The van der Waals surface area contributed by atoms with Crippen molar-refractivity contribution < 1.29 is 8.78 Å². The van der Waals surface area contributed by atoms with Crippen LogP contribution in [-0.4, -0.2) is 5.92 Å². The molecular weight excluding hydrogens is 194 g/mol. The van der Waals surface area contributed by atoms with Crippen molar-refractivity contribution in [3.8, 4) is 6.07 Å². The third-order valence-electron chi connectivity index (χ3n) is 2.20. The molecule has 1 fully saturated rings. The molecule has 5 heteroatoms. The fourth-order valence-electron chi connectivity index (χ4n) is 1.20. The van der Waals surface area contributed by atoms with E-state index in [0.29, 0.717) is 10.4 Å². The maximum atomic E-state index is 12.8. The van der Waals surface area contributed by atoms with Crippen molar-refractivity contribution >= 4 is 11.3 Å². The third kappa shape index (κ3) is 1.06. The lowest BCUT2D eigenvalue weighted by Crippen LogP contribution is -2.25. The van der Waals surface area contributed by atoms with Gasteiger partial charge in [0.25, 0.3) is 5.92 Å². The molecule has 1 unspecified atom stereocenters. The molecule has 0 spiro atoms. The first kappa shape index (κ1) is 8.60. The molecule has 1 aromatic heterocycles. The van der Waals surface area contributed by atoms with Crippen LogP contribution >= 0.6 is 11.3 Å². The number of nitrogens with two attached hydrogens (primary N) is 1. The molecule has 0 radical (unpaired) electrons. The standard InChI is InChI=1S/C8H6F2N2S/c9-8(10)4-7(8,12)6-1-5(2-11)3-13-6/h1,3H,4,12H2. The molecule has 0 amide bonds. The number of nitriles is 1. The van der Waals surface area contributed by atoms with Gasteiger partial charge in [-0.05, 0) is 6.07 Å². The van der Waals surface area contributed by atoms with Gasteiger partial charge in [0, 0.05) is 16.7 Å². The Kier molecular flexibility index (Phi) is 1.51. The van der Waals surface area contributed by atoms with Crippen LogP contribution in [0.4, 0.5) is 8.78 Å². The fraction of sp³-hybridized carbons (Fsp3) is 0.375. The maximum Gasteiger partial charge on any atom is 0.273 e. The van der Waals surface area contributed by atoms with E-state index in [-0.39, 0.29) is 6.42 Å². The molecule has 2 rings (SSSR count). The molecule has 1 aromatic rings. The number of halogens is 2. The normalized spacial score (nSPS) is 29.7. The van der Waals surface area contributed by atoms with Crippen molar-refractivity contribution in [2.75, 3.05) is 0 Å². The van der Waals surface area contributed by atoms with Gasteiger partial charge >= 0.3 is 0 Å². The summed E-state index contributed by atoms with van der Waals surface area (Å²) in [5, 5.41) is 10.0. The van der Waals surface area contributed by atoms with Crippen LogP contribution in [0.15, 0.2) is 11.4 Å². The van der Waals surface area contributed by atoms with Gasteiger partial charge in [-0.25, -0.2) is 8.78 Å². The van der Waals surface area contributed by atoms with Crippen LogP contribution in [0, 0.1) is 11.3 Å². The molecule has 0 aliphatic heterocycles. The van der Waals surface area contributed by atoms with Gasteiger partial charge in [0.05, 0.1) is 5.56 Å². The summed E-state index contributed by atoms with van der Waals surface area (Å²) in [6.07, 6.45) is -0.314. The quantitative estimate of drug-likeness (QED) is 0.751. The third-order valence-corrected chi connectivity index (χ3v) is 3.30. The zero-order valence-corrected chi connectivity index (χ0v) is 7.37. The first-order chi connectivity index (χ1) is 5.99. The van der Waals surface area contributed by atoms with Crippen LogP contribution in [0.3, 0.4) is 0 Å². The Bertz CT molecular complexity index is 393. The van der Waals surface area contributed by atoms with E-state index in [1.165, 1.54) is 6.07 Å². The highest BCUT2D eigenvalue weighted by molar-refractivity contribution is 7.10. The second-order valence-electron chi connectivity index (χ2n) is 3.16. The largest absolute Gasteiger partial charge is 0.316 e. The lowest BCUT2D eigenvalue weighted by atomic mass is 10.2. The van der Waals surface area contributed by atoms with E-state index in [0.717, 1.165) is 11.3 Å². The van der Waals surface area contributed by atoms with Crippen molar-refractivity contribution in [2.45, 2.75) is 17.9 Å². The van der Waals surface area contributed by atoms with E-state index in [1.54, 1.807) is 5.38 Å². The van der Waals surface area contributed by atoms with Crippen LogP contribution in [0.1, 0.15) is 16.9 Å². The molecule has 68 valence electrons. The van der Waals surface area contributed by atoms with Gasteiger partial charge in [0.15, 0.2) is 0 Å². The first-order valence-corrected chi connectivity index (χ1v) is 4.53. The van der Waals surface area contributed by atoms with Crippen molar-refractivity contribution in [3.05, 3.63) is 21.9 Å². The van der Waals surface area contributed by atoms with Crippen LogP contribution in [0.25, 0.3) is 0 Å². The highest BCUT2D eigenvalue weighted by Crippen LogP contribution is 2.58. The zero-order chi connectivity index (χ0) is 9.69. The van der Waals surface area contributed by atoms with E-state index in [4.69, 9.17) is 11.0 Å². The summed E-state index contributed by atoms with van der Waals surface area (Å²) in [7, 11) is 0. The second kappa shape index (κ2) is 2.28. The smallest absolute Gasteiger partial charge is 0.273 e. The van der Waals surface area contributed by atoms with Crippen LogP contribution in [0.5, 0.6) is 0 Å². The second-order valence-corrected chi connectivity index (χ2v) is 4.08. The molecular formula is C8H6F2N2S. The Labute approximate surface area is 77.6 Å². The van der Waals surface area contributed by atoms with E-state index < -0.39 is 11.5 Å². The summed E-state index contributed by atoms with van der Waals surface area (Å²) < 4.78 is 25.6. The summed E-state index contributed by atoms with van der Waals surface area (Å²) >= 11 is 1.12. The molecule has 1 heterocycles. The summed E-state index contributed by atoms with van der Waals surface area (Å²) in [6, 6.07) is 3.32. The van der Waals surface area contributed by atoms with Crippen LogP contribution in [-0.2, 0) is 5.54 Å². The van der Waals surface area contributed by atoms with Crippen molar-refractivity contribution in [3.63, 3.8) is 0 Å². The van der Waals surface area contributed by atoms with Crippen molar-refractivity contribution in [1.29, 1.82) is 5.26 Å². The van der Waals surface area contributed by atoms with E-state index in [9.17, 15) is 8.78 Å². The Morgan fingerprint density at radius 3 is 2.62 bits per heavy atom. The maximum absolute atomic E-state index is 12.8. The molecule has 1 aliphatic rings. The average molecular weight is 200 g/mol. The Morgan fingerprint density at radius 1 is 1.62 bits per heavy atom. The zero-order valence-electron chi connectivity index (χ0n) is 6.55. The van der Waals surface area contributed by atoms with E-state index in [2.05, 4.69) is 0 Å². The lowest BCUT2D eigenvalue weighted by molar-refractivity contribution is 0.0899. The fourth-order valence-corrected chi connectivity index (χ4v) is 2.20. The summed E-state index contributed by atoms with van der Waals surface area (Å²) in [5.41, 5.74) is 4.35. The van der Waals surface area contributed by atoms with Gasteiger partial charge in [-0.3, -0.25) is 0 Å². The Balaban J connectivity index is 2.34. The predicted octanol–water partition coefficient (Wildman–Crippen LogP) is 1.81. The number of thiophene rings is 1. The Morgan fingerprint density at radius 2 is 2.23 bits per heavy atom. The minimum absolute atomic E-state index is 0.314. The highest BCUT2D eigenvalue weighted by atomic mass is 32.1. The number of rotatable bonds is 1. The van der Waals surface area contributed by atoms with E-state index in [1.807, 2.05) is 6.07 Å². The molecule has 0 aromatic carbocycles. The molecule has 2 nitrogen and oxygen atoms in total. The summed E-state index contributed by atoms with van der Waals surface area (Å²) in [5.74, 6) is -2.80. The SMILES string of the molecule is N#Cc1csc(C2(N)CC2(F)F)c1. The molecule has 2 N–H and O–H groups in total. The summed E-state index contributed by atoms with van der Waals surface area (Å²) in [6.45, 7) is 0. The van der Waals surface area contributed by atoms with Gasteiger partial charge in [0.2, 0.25) is 0 Å². The Hall–Kier alpha value is -0.990.